The third-order valence-electron chi connectivity index (χ3n) is 12.3. The van der Waals surface area contributed by atoms with Crippen LogP contribution in [0.5, 0.6) is 5.75 Å². The van der Waals surface area contributed by atoms with E-state index in [-0.39, 0.29) is 24.9 Å². The Labute approximate surface area is 346 Å². The van der Waals surface area contributed by atoms with Crippen LogP contribution in [-0.2, 0) is 16.1 Å². The number of aromatic nitrogens is 2. The van der Waals surface area contributed by atoms with Gasteiger partial charge in [0.25, 0.3) is 11.8 Å². The Hall–Kier alpha value is -5.25. The van der Waals surface area contributed by atoms with Gasteiger partial charge in [0.2, 0.25) is 11.8 Å². The monoisotopic (exact) mass is 804 g/mol. The number of carbonyl (C=O) groups excluding carboxylic acids is 4. The number of benzene rings is 2. The van der Waals surface area contributed by atoms with Crippen molar-refractivity contribution in [3.8, 4) is 5.75 Å². The minimum absolute atomic E-state index is 0.104. The molecule has 2 atom stereocenters. The average Bonchev–Trinajstić information content (AvgIpc) is 3.75. The average molecular weight is 805 g/mol. The first-order valence-electron chi connectivity index (χ1n) is 21.2. The zero-order valence-electron chi connectivity index (χ0n) is 34.7. The van der Waals surface area contributed by atoms with Crippen LogP contribution in [0.4, 0.5) is 11.5 Å². The fourth-order valence-electron chi connectivity index (χ4n) is 9.02. The summed E-state index contributed by atoms with van der Waals surface area (Å²) in [6.45, 7) is 17.6. The molecule has 4 amide bonds. The molecule has 2 aromatic carbocycles. The molecule has 3 saturated heterocycles. The lowest BCUT2D eigenvalue weighted by Crippen LogP contribution is -2.54. The highest BCUT2D eigenvalue weighted by molar-refractivity contribution is 6.23. The highest BCUT2D eigenvalue weighted by Crippen LogP contribution is 2.32. The van der Waals surface area contributed by atoms with Gasteiger partial charge in [-0.15, -0.1) is 0 Å². The molecule has 0 radical (unpaired) electrons. The molecule has 1 N–H and O–H groups in total. The van der Waals surface area contributed by atoms with Gasteiger partial charge in [-0.05, 0) is 109 Å². The number of aliphatic imine (C=N–C) groups is 1. The van der Waals surface area contributed by atoms with E-state index in [1.165, 1.54) is 5.56 Å². The smallest absolute Gasteiger partial charge is 0.262 e. The highest BCUT2D eigenvalue weighted by atomic mass is 16.5. The van der Waals surface area contributed by atoms with Crippen molar-refractivity contribution < 1.29 is 23.9 Å². The summed E-state index contributed by atoms with van der Waals surface area (Å²) in [5.74, 6) is -0.117. The van der Waals surface area contributed by atoms with Gasteiger partial charge in [0, 0.05) is 75.6 Å². The molecule has 15 heteroatoms. The number of nitrogens with zero attached hydrogens (tertiary/aromatic N) is 9. The number of fused-ring (bicyclic) bond motifs is 2. The molecule has 3 aromatic rings. The topological polar surface area (TPSA) is 147 Å². The fraction of sp³-hybridized carbons (Fsp3) is 0.523. The second-order valence-electron chi connectivity index (χ2n) is 16.8. The second-order valence-corrected chi connectivity index (χ2v) is 16.8. The van der Waals surface area contributed by atoms with Crippen LogP contribution in [0.1, 0.15) is 84.0 Å². The molecule has 1 unspecified atom stereocenters. The first-order chi connectivity index (χ1) is 28.5. The summed E-state index contributed by atoms with van der Waals surface area (Å²) in [6.07, 6.45) is 4.25. The maximum Gasteiger partial charge on any atom is 0.262 e. The predicted molar refractivity (Wildman–Crippen MR) is 225 cm³/mol. The van der Waals surface area contributed by atoms with Crippen LogP contribution in [0.15, 0.2) is 53.8 Å². The summed E-state index contributed by atoms with van der Waals surface area (Å²) < 4.78 is 5.96. The number of piperidine rings is 1. The zero-order chi connectivity index (χ0) is 41.2. The number of nitrogens with one attached hydrogen (secondary N) is 1. The number of imide groups is 2. The van der Waals surface area contributed by atoms with Crippen molar-refractivity contribution >= 4 is 40.8 Å². The minimum Gasteiger partial charge on any atom is -0.491 e. The summed E-state index contributed by atoms with van der Waals surface area (Å²) >= 11 is 0. The molecular weight excluding hydrogens is 749 g/mol. The van der Waals surface area contributed by atoms with E-state index in [1.54, 1.807) is 18.5 Å². The van der Waals surface area contributed by atoms with E-state index in [4.69, 9.17) is 9.73 Å². The first-order valence-corrected chi connectivity index (χ1v) is 21.2. The van der Waals surface area contributed by atoms with Crippen molar-refractivity contribution in [2.45, 2.75) is 71.2 Å². The molecule has 0 aliphatic carbocycles. The quantitative estimate of drug-likeness (QED) is 0.239. The zero-order valence-corrected chi connectivity index (χ0v) is 34.7. The van der Waals surface area contributed by atoms with Gasteiger partial charge in [-0.25, -0.2) is 9.97 Å². The molecule has 0 bridgehead atoms. The summed E-state index contributed by atoms with van der Waals surface area (Å²) in [7, 11) is 2.22. The maximum atomic E-state index is 13.3. The van der Waals surface area contributed by atoms with E-state index in [0.717, 1.165) is 124 Å². The van der Waals surface area contributed by atoms with Crippen LogP contribution < -0.4 is 19.9 Å². The summed E-state index contributed by atoms with van der Waals surface area (Å²) in [6, 6.07) is 13.1. The van der Waals surface area contributed by atoms with E-state index in [1.807, 2.05) is 26.0 Å². The van der Waals surface area contributed by atoms with Gasteiger partial charge >= 0.3 is 0 Å². The van der Waals surface area contributed by atoms with Crippen LogP contribution in [0.2, 0.25) is 0 Å². The number of anilines is 2. The lowest BCUT2D eigenvalue weighted by atomic mass is 10.0. The maximum absolute atomic E-state index is 13.3. The Morgan fingerprint density at radius 1 is 0.847 bits per heavy atom. The van der Waals surface area contributed by atoms with Crippen molar-refractivity contribution in [1.29, 1.82) is 0 Å². The summed E-state index contributed by atoms with van der Waals surface area (Å²) in [5, 5.41) is 2.25. The fourth-order valence-corrected chi connectivity index (χ4v) is 9.02. The number of amides is 4. The van der Waals surface area contributed by atoms with E-state index in [2.05, 4.69) is 72.0 Å². The number of rotatable bonds is 14. The van der Waals surface area contributed by atoms with Gasteiger partial charge < -0.3 is 19.4 Å². The van der Waals surface area contributed by atoms with Crippen LogP contribution in [0.25, 0.3) is 0 Å². The SMILES string of the molecule is CC(C)Oc1ccc2c(c1)C(c1cc(N3CCN(CCCN(C)CCCN4CCN(c5ccc6c(c5)C(=O)N(C5CCC(=O)NC5=O)C6=O)CC4)[C@@H](C)C3)ncn1)=NC2. The van der Waals surface area contributed by atoms with Gasteiger partial charge in [-0.3, -0.25) is 44.2 Å². The molecule has 0 spiro atoms. The summed E-state index contributed by atoms with van der Waals surface area (Å²) in [5.41, 5.74) is 5.58. The number of hydrogen-bond acceptors (Lipinski definition) is 13. The predicted octanol–water partition coefficient (Wildman–Crippen LogP) is 3.06. The highest BCUT2D eigenvalue weighted by Gasteiger charge is 2.45. The van der Waals surface area contributed by atoms with Gasteiger partial charge in [0.05, 0.1) is 35.2 Å². The van der Waals surface area contributed by atoms with E-state index in [0.29, 0.717) is 23.7 Å². The van der Waals surface area contributed by atoms with E-state index >= 15 is 0 Å². The lowest BCUT2D eigenvalue weighted by Gasteiger charge is -2.40. The Bertz CT molecular complexity index is 2120. The number of ether oxygens (including phenoxy) is 1. The minimum atomic E-state index is -0.957. The number of hydrogen-bond donors (Lipinski definition) is 1. The lowest BCUT2D eigenvalue weighted by molar-refractivity contribution is -0.136. The second kappa shape index (κ2) is 17.5. The molecule has 8 rings (SSSR count). The molecule has 3 fully saturated rings. The molecular formula is C44H56N10O5. The van der Waals surface area contributed by atoms with Crippen LogP contribution in [0.3, 0.4) is 0 Å². The molecule has 312 valence electrons. The van der Waals surface area contributed by atoms with Crippen LogP contribution in [-0.4, -0.2) is 156 Å². The molecule has 15 nitrogen and oxygen atoms in total. The van der Waals surface area contributed by atoms with Crippen molar-refractivity contribution in [3.63, 3.8) is 0 Å². The molecule has 1 aromatic heterocycles. The summed E-state index contributed by atoms with van der Waals surface area (Å²) in [4.78, 5) is 77.8. The molecule has 6 heterocycles. The Morgan fingerprint density at radius 2 is 1.61 bits per heavy atom. The molecule has 5 aliphatic rings. The third-order valence-corrected chi connectivity index (χ3v) is 12.3. The van der Waals surface area contributed by atoms with Gasteiger partial charge in [0.15, 0.2) is 0 Å². The molecule has 0 saturated carbocycles. The molecule has 59 heavy (non-hydrogen) atoms. The van der Waals surface area contributed by atoms with Gasteiger partial charge in [-0.1, -0.05) is 6.07 Å². The Balaban J connectivity index is 0.736. The van der Waals surface area contributed by atoms with Crippen molar-refractivity contribution in [2.75, 3.05) is 88.8 Å². The van der Waals surface area contributed by atoms with Crippen LogP contribution >= 0.6 is 0 Å². The largest absolute Gasteiger partial charge is 0.491 e. The van der Waals surface area contributed by atoms with Crippen molar-refractivity contribution in [1.82, 2.24) is 34.9 Å². The Kier molecular flexibility index (Phi) is 12.0. The van der Waals surface area contributed by atoms with Gasteiger partial charge in [-0.2, -0.15) is 0 Å². The first kappa shape index (κ1) is 40.5. The number of piperazine rings is 2. The third kappa shape index (κ3) is 8.87. The van der Waals surface area contributed by atoms with Crippen molar-refractivity contribution in [3.05, 3.63) is 76.7 Å². The molecule has 5 aliphatic heterocycles. The normalized spacial score (nSPS) is 21.4. The van der Waals surface area contributed by atoms with E-state index < -0.39 is 23.8 Å². The van der Waals surface area contributed by atoms with Crippen LogP contribution in [0, 0.1) is 0 Å². The Morgan fingerprint density at radius 3 is 2.37 bits per heavy atom. The van der Waals surface area contributed by atoms with Crippen molar-refractivity contribution in [2.24, 2.45) is 4.99 Å². The standard InChI is InChI=1S/C44H56N10O5/c1-29(2)59-33-9-7-31-26-45-41(35(31)24-33)37-25-39(47-28-46-37)53-22-21-51(30(3)27-53)16-6-14-49(4)13-5-15-50-17-19-52(20-18-50)32-8-10-34-36(23-32)44(58)54(43(34)57)38-11-12-40(55)48-42(38)56/h7-10,23-25,28-30,38H,5-6,11-22,26-27H2,1-4H3,(H,48,55,56)/t30-,38?/m0/s1. The number of carbonyl (C=O) groups is 4. The van der Waals surface area contributed by atoms with Gasteiger partial charge in [0.1, 0.15) is 23.9 Å². The van der Waals surface area contributed by atoms with E-state index in [9.17, 15) is 19.2 Å².